The molecule has 22 heteroatoms. The molecule has 16 N–H and O–H groups in total. The second kappa shape index (κ2) is 28.6. The number of nitrogens with one attached hydrogen (secondary N) is 1. The smallest absolute Gasteiger partial charge is 0.285 e. The number of hydrazine groups is 1. The highest BCUT2D eigenvalue weighted by molar-refractivity contribution is 6.22. The van der Waals surface area contributed by atoms with Crippen molar-refractivity contribution in [2.75, 3.05) is 26.4 Å². The van der Waals surface area contributed by atoms with Crippen LogP contribution in [-0.4, -0.2) is 133 Å². The Morgan fingerprint density at radius 2 is 0.757 bits per heavy atom. The lowest BCUT2D eigenvalue weighted by Crippen LogP contribution is -2.31. The van der Waals surface area contributed by atoms with Gasteiger partial charge in [0.25, 0.3) is 35.4 Å². The number of aliphatic hydroxyl groups is 5. The Bertz CT molecular complexity index is 2160. The van der Waals surface area contributed by atoms with Crippen LogP contribution in [-0.2, 0) is 14.5 Å². The third-order valence-corrected chi connectivity index (χ3v) is 12.0. The molecular formula is C48H64N6O16. The molecule has 10 rings (SSSR count). The molecule has 0 spiro atoms. The average molecular weight is 981 g/mol. The molecule has 6 amide bonds. The van der Waals surface area contributed by atoms with Gasteiger partial charge in [-0.3, -0.25) is 55.4 Å². The van der Waals surface area contributed by atoms with Crippen molar-refractivity contribution >= 4 is 35.4 Å². The van der Waals surface area contributed by atoms with E-state index in [0.29, 0.717) is 90.7 Å². The first-order valence-corrected chi connectivity index (χ1v) is 22.2. The number of fused-ring (bicyclic) bond motifs is 3. The third-order valence-electron chi connectivity index (χ3n) is 12.0. The maximum atomic E-state index is 12.0. The lowest BCUT2D eigenvalue weighted by Gasteiger charge is -2.16. The van der Waals surface area contributed by atoms with Gasteiger partial charge in [0, 0.05) is 6.61 Å². The van der Waals surface area contributed by atoms with Gasteiger partial charge in [0.15, 0.2) is 0 Å². The van der Waals surface area contributed by atoms with Gasteiger partial charge in [-0.15, -0.1) is 10.1 Å². The van der Waals surface area contributed by atoms with Crippen LogP contribution >= 0.6 is 0 Å². The van der Waals surface area contributed by atoms with Crippen molar-refractivity contribution in [1.29, 1.82) is 0 Å². The number of aliphatic hydroxyl groups excluding tert-OH is 5. The molecule has 0 radical (unpaired) electrons. The van der Waals surface area contributed by atoms with Gasteiger partial charge < -0.3 is 41.3 Å². The van der Waals surface area contributed by atoms with Crippen LogP contribution in [0.15, 0.2) is 97.1 Å². The zero-order valence-corrected chi connectivity index (χ0v) is 38.4. The van der Waals surface area contributed by atoms with Crippen LogP contribution in [0.2, 0.25) is 0 Å². The molecule has 0 bridgehead atoms. The minimum atomic E-state index is -0.759. The molecule has 3 aliphatic heterocycles. The van der Waals surface area contributed by atoms with Crippen LogP contribution < -0.4 is 22.9 Å². The quantitative estimate of drug-likeness (QED) is 0.0599. The predicted octanol–water partition coefficient (Wildman–Crippen LogP) is 0.219. The van der Waals surface area contributed by atoms with E-state index in [4.69, 9.17) is 30.9 Å². The van der Waals surface area contributed by atoms with Crippen LogP contribution in [0.3, 0.4) is 0 Å². The summed E-state index contributed by atoms with van der Waals surface area (Å²) in [6.07, 6.45) is 11.8. The van der Waals surface area contributed by atoms with E-state index in [2.05, 4.69) is 46.1 Å². The third kappa shape index (κ3) is 15.0. The molecule has 3 heterocycles. The highest BCUT2D eigenvalue weighted by Crippen LogP contribution is 2.29. The molecule has 7 aliphatic rings. The normalized spacial score (nSPS) is 23.4. The summed E-state index contributed by atoms with van der Waals surface area (Å²) in [5, 5.41) is 49.4. The fourth-order valence-corrected chi connectivity index (χ4v) is 8.27. The Morgan fingerprint density at radius 3 is 1.06 bits per heavy atom. The maximum Gasteiger partial charge on any atom is 0.285 e. The van der Waals surface area contributed by atoms with Gasteiger partial charge in [-0.2, -0.15) is 0 Å². The lowest BCUT2D eigenvalue weighted by atomic mass is 10.1. The molecule has 0 saturated heterocycles. The van der Waals surface area contributed by atoms with Gasteiger partial charge in [0.1, 0.15) is 0 Å². The highest BCUT2D eigenvalue weighted by Gasteiger charge is 2.39. The van der Waals surface area contributed by atoms with E-state index in [1.54, 1.807) is 72.8 Å². The summed E-state index contributed by atoms with van der Waals surface area (Å²) in [6.45, 7) is 1.30. The van der Waals surface area contributed by atoms with E-state index >= 15 is 0 Å². The van der Waals surface area contributed by atoms with Crippen LogP contribution in [0.25, 0.3) is 0 Å². The summed E-state index contributed by atoms with van der Waals surface area (Å²) in [6, 6.07) is 20.1. The summed E-state index contributed by atoms with van der Waals surface area (Å²) >= 11 is 0. The van der Waals surface area contributed by atoms with Crippen LogP contribution in [0.5, 0.6) is 0 Å². The molecule has 2 saturated carbocycles. The topological polar surface area (TPSA) is 391 Å². The number of benzene rings is 3. The van der Waals surface area contributed by atoms with Crippen molar-refractivity contribution in [2.45, 2.75) is 75.8 Å². The predicted molar refractivity (Wildman–Crippen MR) is 250 cm³/mol. The maximum absolute atomic E-state index is 12.0. The van der Waals surface area contributed by atoms with E-state index in [0.717, 1.165) is 35.8 Å². The summed E-state index contributed by atoms with van der Waals surface area (Å²) in [5.74, 6) is 11.6. The number of imide groups is 3. The number of nitrogens with zero attached hydrogens (tertiary/aromatic N) is 2. The molecule has 22 nitrogen and oxygen atoms in total. The first-order chi connectivity index (χ1) is 32.8. The van der Waals surface area contributed by atoms with E-state index in [1.807, 2.05) is 0 Å². The van der Waals surface area contributed by atoms with Crippen molar-refractivity contribution in [3.8, 4) is 0 Å². The van der Waals surface area contributed by atoms with E-state index in [9.17, 15) is 39.0 Å². The summed E-state index contributed by atoms with van der Waals surface area (Å²) in [7, 11) is 0. The Kier molecular flexibility index (Phi) is 23.9. The highest BCUT2D eigenvalue weighted by atomic mass is 16.7. The first kappa shape index (κ1) is 58.4. The van der Waals surface area contributed by atoms with Crippen molar-refractivity contribution in [3.05, 3.63) is 130 Å². The number of hydroxylamine groups is 4. The van der Waals surface area contributed by atoms with Gasteiger partial charge in [-0.25, -0.2) is 5.90 Å². The lowest BCUT2D eigenvalue weighted by molar-refractivity contribution is -0.103. The first-order valence-electron chi connectivity index (χ1n) is 22.2. The molecule has 2 fully saturated rings. The van der Waals surface area contributed by atoms with Crippen LogP contribution in [0.4, 0.5) is 0 Å². The molecule has 4 aliphatic carbocycles. The summed E-state index contributed by atoms with van der Waals surface area (Å²) < 4.78 is 0. The molecule has 0 aromatic heterocycles. The SMILES string of the molecule is NN.NOCC1C[C@@H](O)[C@@H](O)C1.O.O.O=C1NC(=O)c2ccccc21.O=C1c2ccccc2C(=O)N1OCC1CC=CC1.O=C1c2ccccc2C(=O)N1OCC1C[C@@H](O)[C@@H](O)C1.OCC1CC=CC1. The van der Waals surface area contributed by atoms with Crippen molar-refractivity contribution in [1.82, 2.24) is 15.4 Å². The van der Waals surface area contributed by atoms with E-state index in [1.165, 1.54) is 0 Å². The Labute approximate surface area is 403 Å². The zero-order chi connectivity index (χ0) is 49.3. The van der Waals surface area contributed by atoms with Gasteiger partial charge >= 0.3 is 0 Å². The van der Waals surface area contributed by atoms with Gasteiger partial charge in [-0.05, 0) is 111 Å². The average Bonchev–Trinajstić information content (AvgIpc) is 4.25. The second-order valence-corrected chi connectivity index (χ2v) is 16.9. The number of nitrogens with two attached hydrogens (primary N) is 3. The Morgan fingerprint density at radius 1 is 0.471 bits per heavy atom. The van der Waals surface area contributed by atoms with Crippen molar-refractivity contribution in [2.24, 2.45) is 41.3 Å². The Balaban J connectivity index is 0.000000238. The molecule has 70 heavy (non-hydrogen) atoms. The summed E-state index contributed by atoms with van der Waals surface area (Å²) in [5.41, 5.74) is 2.46. The van der Waals surface area contributed by atoms with Crippen LogP contribution in [0.1, 0.15) is 114 Å². The van der Waals surface area contributed by atoms with Gasteiger partial charge in [0.2, 0.25) is 0 Å². The largest absolute Gasteiger partial charge is 0.412 e. The minimum Gasteiger partial charge on any atom is -0.412 e. The number of amides is 6. The number of hydrogen-bond donors (Lipinski definition) is 9. The molecule has 6 atom stereocenters. The van der Waals surface area contributed by atoms with Gasteiger partial charge in [-0.1, -0.05) is 60.7 Å². The molecule has 3 aromatic carbocycles. The van der Waals surface area contributed by atoms with Gasteiger partial charge in [0.05, 0.1) is 77.6 Å². The minimum absolute atomic E-state index is 0. The number of allylic oxidation sites excluding steroid dienone is 4. The Hall–Kier alpha value is -5.96. The molecule has 3 aromatic rings. The standard InChI is InChI=1S/C14H15NO5.C14H13NO3.C8H5NO2.C6H13NO3.C6H10O.H4N2.2H2O/c16-11-5-8(6-12(11)17)7-20-15-13(18)9-3-1-2-4-10(9)14(15)19;16-13-11-7-3-4-8-12(11)14(17)15(13)18-9-10-5-1-2-6-10;10-7-5-3-1-2-4-6(5)8(11)9-7;7-10-3-4-1-5(8)6(9)2-4;7-5-6-3-1-2-4-6;1-2;;/h1-4,8,11-12,16-17H,5-7H2;1-4,7-8,10H,5-6,9H2;1-4H,(H,9,10,11);4-6,8-9H,1-3,7H2;1-2,6-7H,3-5H2;1-2H2;2*1H2/t8?,11-,12+;;;4?,5-,6+;;;;. The molecule has 2 unspecified atom stereocenters. The summed E-state index contributed by atoms with van der Waals surface area (Å²) in [4.78, 5) is 85.0. The van der Waals surface area contributed by atoms with Crippen molar-refractivity contribution < 1.29 is 79.8 Å². The number of carbonyl (C=O) groups is 6. The fraction of sp³-hybridized carbons (Fsp3) is 0.417. The monoisotopic (exact) mass is 980 g/mol. The van der Waals surface area contributed by atoms with E-state index < -0.39 is 36.2 Å². The van der Waals surface area contributed by atoms with Crippen molar-refractivity contribution in [3.63, 3.8) is 0 Å². The second-order valence-electron chi connectivity index (χ2n) is 16.9. The fourth-order valence-electron chi connectivity index (χ4n) is 8.27. The molecular weight excluding hydrogens is 917 g/mol. The zero-order valence-electron chi connectivity index (χ0n) is 38.4. The number of rotatable bonds is 9. The van der Waals surface area contributed by atoms with Crippen LogP contribution in [0, 0.1) is 23.7 Å². The number of hydrogen-bond acceptors (Lipinski definition) is 17. The molecule has 382 valence electrons. The number of carbonyl (C=O) groups excluding carboxylic acids is 6. The van der Waals surface area contributed by atoms with E-state index in [-0.39, 0.29) is 53.0 Å².